The van der Waals surface area contributed by atoms with Gasteiger partial charge in [-0.3, -0.25) is 9.59 Å². The molecule has 7 heteroatoms. The van der Waals surface area contributed by atoms with Gasteiger partial charge in [-0.15, -0.1) is 0 Å². The van der Waals surface area contributed by atoms with E-state index in [2.05, 4.69) is 29.5 Å². The summed E-state index contributed by atoms with van der Waals surface area (Å²) in [6, 6.07) is 10.0. The van der Waals surface area contributed by atoms with Crippen molar-refractivity contribution in [3.05, 3.63) is 47.6 Å². The molecule has 1 aromatic heterocycles. The summed E-state index contributed by atoms with van der Waals surface area (Å²) in [7, 11) is 0. The van der Waals surface area contributed by atoms with Crippen LogP contribution >= 0.6 is 11.6 Å². The van der Waals surface area contributed by atoms with Crippen LogP contribution in [0.4, 0.5) is 5.69 Å². The van der Waals surface area contributed by atoms with Gasteiger partial charge in [-0.1, -0.05) is 25.4 Å². The number of aromatic nitrogens is 1. The number of pyridine rings is 1. The number of nitrogens with one attached hydrogen (secondary N) is 2. The van der Waals surface area contributed by atoms with Crippen LogP contribution in [0, 0.1) is 5.92 Å². The third-order valence-corrected chi connectivity index (χ3v) is 4.04. The van der Waals surface area contributed by atoms with Gasteiger partial charge in [0.15, 0.2) is 0 Å². The molecular weight excluding hydrogens is 366 g/mol. The zero-order chi connectivity index (χ0) is 19.8. The van der Waals surface area contributed by atoms with Gasteiger partial charge in [0.05, 0.1) is 11.9 Å². The number of halogens is 1. The summed E-state index contributed by atoms with van der Waals surface area (Å²) < 4.78 is 5.58. The Balaban J connectivity index is 1.85. The molecule has 0 bridgehead atoms. The predicted octanol–water partition coefficient (Wildman–Crippen LogP) is 4.41. The van der Waals surface area contributed by atoms with Gasteiger partial charge in [0, 0.05) is 17.1 Å². The van der Waals surface area contributed by atoms with Crippen molar-refractivity contribution >= 4 is 29.1 Å². The van der Waals surface area contributed by atoms with E-state index < -0.39 is 11.8 Å². The van der Waals surface area contributed by atoms with Gasteiger partial charge >= 0.3 is 11.8 Å². The molecule has 0 saturated heterocycles. The van der Waals surface area contributed by atoms with Gasteiger partial charge in [0.2, 0.25) is 5.88 Å². The smallest absolute Gasteiger partial charge is 0.313 e. The molecular formula is C20H24ClN3O3. The Morgan fingerprint density at radius 1 is 1.04 bits per heavy atom. The van der Waals surface area contributed by atoms with Crippen LogP contribution in [0.2, 0.25) is 5.02 Å². The van der Waals surface area contributed by atoms with E-state index in [9.17, 15) is 9.59 Å². The van der Waals surface area contributed by atoms with Crippen molar-refractivity contribution in [2.45, 2.75) is 39.7 Å². The van der Waals surface area contributed by atoms with E-state index in [4.69, 9.17) is 16.3 Å². The van der Waals surface area contributed by atoms with Crippen molar-refractivity contribution in [3.63, 3.8) is 0 Å². The van der Waals surface area contributed by atoms with Gasteiger partial charge in [0.1, 0.15) is 5.75 Å². The number of carbonyl (C=O) groups excluding carboxylic acids is 2. The van der Waals surface area contributed by atoms with Crippen LogP contribution in [0.3, 0.4) is 0 Å². The third kappa shape index (κ3) is 7.27. The molecule has 0 aliphatic heterocycles. The van der Waals surface area contributed by atoms with E-state index in [0.29, 0.717) is 28.3 Å². The van der Waals surface area contributed by atoms with Crippen LogP contribution < -0.4 is 15.4 Å². The maximum Gasteiger partial charge on any atom is 0.313 e. The molecule has 6 nitrogen and oxygen atoms in total. The molecule has 2 aromatic rings. The summed E-state index contributed by atoms with van der Waals surface area (Å²) in [5, 5.41) is 5.84. The highest BCUT2D eigenvalue weighted by Gasteiger charge is 2.16. The Morgan fingerprint density at radius 3 is 2.33 bits per heavy atom. The fourth-order valence-electron chi connectivity index (χ4n) is 2.27. The number of amides is 2. The summed E-state index contributed by atoms with van der Waals surface area (Å²) in [5.74, 6) is 0.130. The number of nitrogens with zero attached hydrogens (tertiary/aromatic N) is 1. The molecule has 1 atom stereocenters. The lowest BCUT2D eigenvalue weighted by atomic mass is 10.0. The molecule has 0 aliphatic carbocycles. The molecule has 0 spiro atoms. The molecule has 1 aromatic carbocycles. The molecule has 2 amide bonds. The second-order valence-electron chi connectivity index (χ2n) is 6.74. The van der Waals surface area contributed by atoms with Crippen LogP contribution in [0.15, 0.2) is 42.6 Å². The first-order chi connectivity index (χ1) is 12.8. The van der Waals surface area contributed by atoms with Gasteiger partial charge in [-0.25, -0.2) is 4.98 Å². The molecule has 27 heavy (non-hydrogen) atoms. The van der Waals surface area contributed by atoms with Crippen molar-refractivity contribution in [3.8, 4) is 11.6 Å². The van der Waals surface area contributed by atoms with Crippen LogP contribution in [0.25, 0.3) is 0 Å². The third-order valence-electron chi connectivity index (χ3n) is 3.79. The Labute approximate surface area is 164 Å². The highest BCUT2D eigenvalue weighted by molar-refractivity contribution is 6.39. The number of carbonyl (C=O) groups is 2. The fraction of sp³-hybridized carbons (Fsp3) is 0.350. The first-order valence-electron chi connectivity index (χ1n) is 8.85. The quantitative estimate of drug-likeness (QED) is 0.687. The van der Waals surface area contributed by atoms with E-state index in [-0.39, 0.29) is 6.04 Å². The Morgan fingerprint density at radius 2 is 1.74 bits per heavy atom. The lowest BCUT2D eigenvalue weighted by molar-refractivity contribution is -0.136. The van der Waals surface area contributed by atoms with E-state index in [1.807, 2.05) is 6.92 Å². The van der Waals surface area contributed by atoms with Crippen molar-refractivity contribution in [2.75, 3.05) is 5.32 Å². The number of rotatable bonds is 7. The van der Waals surface area contributed by atoms with Crippen molar-refractivity contribution in [1.29, 1.82) is 0 Å². The van der Waals surface area contributed by atoms with Gasteiger partial charge < -0.3 is 15.4 Å². The summed E-state index contributed by atoms with van der Waals surface area (Å²) in [6.07, 6.45) is 3.25. The number of benzene rings is 1. The van der Waals surface area contributed by atoms with Crippen LogP contribution in [-0.4, -0.2) is 22.8 Å². The zero-order valence-electron chi connectivity index (χ0n) is 15.7. The van der Waals surface area contributed by atoms with Crippen LogP contribution in [0.5, 0.6) is 11.6 Å². The Kier molecular flexibility index (Phi) is 7.61. The molecule has 2 rings (SSSR count). The van der Waals surface area contributed by atoms with E-state index >= 15 is 0 Å². The van der Waals surface area contributed by atoms with Crippen molar-refractivity contribution in [2.24, 2.45) is 5.92 Å². The predicted molar refractivity (Wildman–Crippen MR) is 106 cm³/mol. The molecule has 0 fully saturated rings. The second kappa shape index (κ2) is 9.92. The molecule has 1 unspecified atom stereocenters. The van der Waals surface area contributed by atoms with Gasteiger partial charge in [0.25, 0.3) is 0 Å². The molecule has 0 radical (unpaired) electrons. The largest absolute Gasteiger partial charge is 0.439 e. The molecule has 2 N–H and O–H groups in total. The lowest BCUT2D eigenvalue weighted by Gasteiger charge is -2.14. The molecule has 1 heterocycles. The lowest BCUT2D eigenvalue weighted by Crippen LogP contribution is -2.40. The van der Waals surface area contributed by atoms with Crippen molar-refractivity contribution in [1.82, 2.24) is 10.3 Å². The number of ether oxygens (including phenoxy) is 1. The summed E-state index contributed by atoms with van der Waals surface area (Å²) in [6.45, 7) is 6.13. The number of anilines is 1. The summed E-state index contributed by atoms with van der Waals surface area (Å²) in [5.41, 5.74) is 0.411. The Bertz CT molecular complexity index is 761. The fourth-order valence-corrected chi connectivity index (χ4v) is 2.40. The normalized spacial score (nSPS) is 11.7. The zero-order valence-corrected chi connectivity index (χ0v) is 16.4. The summed E-state index contributed by atoms with van der Waals surface area (Å²) in [4.78, 5) is 28.1. The highest BCUT2D eigenvalue weighted by atomic mass is 35.5. The first kappa shape index (κ1) is 20.7. The minimum Gasteiger partial charge on any atom is -0.439 e. The van der Waals surface area contributed by atoms with Gasteiger partial charge in [-0.05, 0) is 56.0 Å². The van der Waals surface area contributed by atoms with E-state index in [1.165, 1.54) is 6.20 Å². The minimum atomic E-state index is -0.723. The number of hydrogen-bond acceptors (Lipinski definition) is 4. The van der Waals surface area contributed by atoms with Crippen LogP contribution in [0.1, 0.15) is 33.6 Å². The number of hydrogen-bond donors (Lipinski definition) is 2. The average Bonchev–Trinajstić information content (AvgIpc) is 2.63. The van der Waals surface area contributed by atoms with E-state index in [0.717, 1.165) is 12.8 Å². The Hall–Kier alpha value is -2.60. The maximum atomic E-state index is 12.0. The van der Waals surface area contributed by atoms with Gasteiger partial charge in [-0.2, -0.15) is 0 Å². The maximum absolute atomic E-state index is 12.0. The molecule has 0 saturated carbocycles. The topological polar surface area (TPSA) is 80.3 Å². The second-order valence-corrected chi connectivity index (χ2v) is 7.18. The monoisotopic (exact) mass is 389 g/mol. The SMILES string of the molecule is CC(C)CCC(C)NC(=O)C(=O)Nc1ccc(Oc2ccc(Cl)cc2)nc1. The molecule has 0 aliphatic rings. The van der Waals surface area contributed by atoms with E-state index in [1.54, 1.807) is 36.4 Å². The van der Waals surface area contributed by atoms with Crippen molar-refractivity contribution < 1.29 is 14.3 Å². The van der Waals surface area contributed by atoms with Crippen LogP contribution in [-0.2, 0) is 9.59 Å². The summed E-state index contributed by atoms with van der Waals surface area (Å²) >= 11 is 5.83. The highest BCUT2D eigenvalue weighted by Crippen LogP contribution is 2.22. The molecule has 144 valence electrons. The standard InChI is InChI=1S/C20H24ClN3O3/c1-13(2)4-5-14(3)23-19(25)20(26)24-16-8-11-18(22-12-16)27-17-9-6-15(21)7-10-17/h6-14H,4-5H2,1-3H3,(H,23,25)(H,24,26). The first-order valence-corrected chi connectivity index (χ1v) is 9.22. The average molecular weight is 390 g/mol. The minimum absolute atomic E-state index is 0.0565.